The molecular weight excluding hydrogens is 264 g/mol. The molecule has 2 heterocycles. The number of aliphatic hydroxyl groups excluding tert-OH is 1. The maximum Gasteiger partial charge on any atom is 0.330 e. The van der Waals surface area contributed by atoms with Gasteiger partial charge in [0.25, 0.3) is 5.56 Å². The second-order valence-electron chi connectivity index (χ2n) is 4.67. The Morgan fingerprint density at radius 3 is 3.05 bits per heavy atom. The maximum absolute atomic E-state index is 11.8. The second-order valence-corrected chi connectivity index (χ2v) is 4.67. The summed E-state index contributed by atoms with van der Waals surface area (Å²) in [5.74, 6) is 0. The summed E-state index contributed by atoms with van der Waals surface area (Å²) in [5, 5.41) is 20.8. The van der Waals surface area contributed by atoms with Crippen LogP contribution in [0.3, 0.4) is 0 Å². The molecule has 1 unspecified atom stereocenters. The average Bonchev–Trinajstić information content (AvgIpc) is 2.83. The first-order valence-electron chi connectivity index (χ1n) is 6.25. The van der Waals surface area contributed by atoms with Gasteiger partial charge in [0.1, 0.15) is 6.23 Å². The minimum Gasteiger partial charge on any atom is -0.394 e. The van der Waals surface area contributed by atoms with Crippen LogP contribution in [0.1, 0.15) is 18.2 Å². The summed E-state index contributed by atoms with van der Waals surface area (Å²) in [5.41, 5.74) is -0.576. The topological polar surface area (TPSA) is 120 Å². The van der Waals surface area contributed by atoms with Crippen LogP contribution in [-0.4, -0.2) is 40.0 Å². The minimum absolute atomic E-state index is 0.136. The lowest BCUT2D eigenvalue weighted by molar-refractivity contribution is -0.0289. The Balaban J connectivity index is 2.23. The van der Waals surface area contributed by atoms with Crippen molar-refractivity contribution in [3.63, 3.8) is 0 Å². The van der Waals surface area contributed by atoms with E-state index in [4.69, 9.17) is 10.00 Å². The fourth-order valence-electron chi connectivity index (χ4n) is 2.26. The second kappa shape index (κ2) is 6.00. The van der Waals surface area contributed by atoms with Crippen LogP contribution in [0.5, 0.6) is 0 Å². The van der Waals surface area contributed by atoms with E-state index in [1.807, 2.05) is 6.07 Å². The molecule has 8 heteroatoms. The van der Waals surface area contributed by atoms with Crippen molar-refractivity contribution in [3.8, 4) is 6.07 Å². The minimum atomic E-state index is -0.577. The lowest BCUT2D eigenvalue weighted by Gasteiger charge is -2.15. The normalized spacial score (nSPS) is 25.6. The van der Waals surface area contributed by atoms with E-state index in [2.05, 4.69) is 10.3 Å². The zero-order valence-corrected chi connectivity index (χ0v) is 11.0. The molecule has 2 rings (SSSR count). The SMILES string of the molecule is Cc1cn([C@H]2CC(NCC#N)[C@@H](CO)O2)c(=O)[nH]c1=O. The van der Waals surface area contributed by atoms with E-state index in [1.165, 1.54) is 10.8 Å². The Hall–Kier alpha value is -1.95. The summed E-state index contributed by atoms with van der Waals surface area (Å²) in [7, 11) is 0. The summed E-state index contributed by atoms with van der Waals surface area (Å²) >= 11 is 0. The van der Waals surface area contributed by atoms with Gasteiger partial charge in [-0.3, -0.25) is 19.7 Å². The highest BCUT2D eigenvalue weighted by Crippen LogP contribution is 2.27. The van der Waals surface area contributed by atoms with Crippen LogP contribution in [0, 0.1) is 18.3 Å². The molecule has 0 bridgehead atoms. The molecule has 108 valence electrons. The van der Waals surface area contributed by atoms with Gasteiger partial charge in [0, 0.05) is 24.2 Å². The molecule has 0 saturated carbocycles. The average molecular weight is 280 g/mol. The van der Waals surface area contributed by atoms with Crippen molar-refractivity contribution in [2.24, 2.45) is 0 Å². The Bertz CT molecular complexity index is 630. The van der Waals surface area contributed by atoms with E-state index in [-0.39, 0.29) is 19.2 Å². The fraction of sp³-hybridized carbons (Fsp3) is 0.583. The van der Waals surface area contributed by atoms with Gasteiger partial charge in [-0.1, -0.05) is 0 Å². The molecule has 3 atom stereocenters. The Morgan fingerprint density at radius 2 is 2.40 bits per heavy atom. The van der Waals surface area contributed by atoms with Crippen LogP contribution in [0.25, 0.3) is 0 Å². The van der Waals surface area contributed by atoms with Gasteiger partial charge in [-0.2, -0.15) is 5.26 Å². The lowest BCUT2D eigenvalue weighted by Crippen LogP contribution is -2.38. The monoisotopic (exact) mass is 280 g/mol. The number of hydrogen-bond donors (Lipinski definition) is 3. The van der Waals surface area contributed by atoms with E-state index in [1.54, 1.807) is 6.92 Å². The van der Waals surface area contributed by atoms with Crippen molar-refractivity contribution in [1.29, 1.82) is 5.26 Å². The number of hydrogen-bond acceptors (Lipinski definition) is 6. The summed E-state index contributed by atoms with van der Waals surface area (Å²) in [4.78, 5) is 25.3. The molecule has 0 spiro atoms. The van der Waals surface area contributed by atoms with Crippen LogP contribution in [0.2, 0.25) is 0 Å². The van der Waals surface area contributed by atoms with Gasteiger partial charge in [-0.05, 0) is 6.92 Å². The van der Waals surface area contributed by atoms with Crippen LogP contribution in [-0.2, 0) is 4.74 Å². The van der Waals surface area contributed by atoms with E-state index in [0.717, 1.165) is 0 Å². The number of aliphatic hydroxyl groups is 1. The molecule has 0 aromatic carbocycles. The van der Waals surface area contributed by atoms with Crippen LogP contribution in [0.4, 0.5) is 0 Å². The predicted octanol–water partition coefficient (Wildman–Crippen LogP) is -1.39. The molecule has 3 N–H and O–H groups in total. The Labute approximate surface area is 114 Å². The van der Waals surface area contributed by atoms with Gasteiger partial charge >= 0.3 is 5.69 Å². The number of H-pyrrole nitrogens is 1. The fourth-order valence-corrected chi connectivity index (χ4v) is 2.26. The molecule has 1 aromatic rings. The number of aryl methyl sites for hydroxylation is 1. The molecule has 0 radical (unpaired) electrons. The zero-order valence-electron chi connectivity index (χ0n) is 11.0. The van der Waals surface area contributed by atoms with Crippen molar-refractivity contribution in [2.75, 3.05) is 13.2 Å². The highest BCUT2D eigenvalue weighted by atomic mass is 16.5. The maximum atomic E-state index is 11.8. The highest BCUT2D eigenvalue weighted by Gasteiger charge is 2.35. The lowest BCUT2D eigenvalue weighted by atomic mass is 10.1. The third-order valence-electron chi connectivity index (χ3n) is 3.32. The van der Waals surface area contributed by atoms with E-state index in [0.29, 0.717) is 12.0 Å². The van der Waals surface area contributed by atoms with Gasteiger partial charge in [-0.25, -0.2) is 4.79 Å². The molecule has 1 aromatic heterocycles. The van der Waals surface area contributed by atoms with Crippen molar-refractivity contribution in [3.05, 3.63) is 32.6 Å². The molecule has 1 fully saturated rings. The molecule has 0 amide bonds. The predicted molar refractivity (Wildman–Crippen MR) is 69.1 cm³/mol. The van der Waals surface area contributed by atoms with Crippen molar-refractivity contribution >= 4 is 0 Å². The molecule has 1 aliphatic rings. The zero-order chi connectivity index (χ0) is 14.7. The first-order chi connectivity index (χ1) is 9.56. The van der Waals surface area contributed by atoms with Gasteiger partial charge < -0.3 is 9.84 Å². The summed E-state index contributed by atoms with van der Waals surface area (Å²) in [6.07, 6.45) is 0.796. The summed E-state index contributed by atoms with van der Waals surface area (Å²) < 4.78 is 6.90. The summed E-state index contributed by atoms with van der Waals surface area (Å²) in [6.45, 7) is 1.52. The van der Waals surface area contributed by atoms with Crippen LogP contribution < -0.4 is 16.6 Å². The van der Waals surface area contributed by atoms with E-state index < -0.39 is 23.6 Å². The summed E-state index contributed by atoms with van der Waals surface area (Å²) in [6, 6.07) is 1.74. The third kappa shape index (κ3) is 2.80. The van der Waals surface area contributed by atoms with Crippen LogP contribution >= 0.6 is 0 Å². The number of nitriles is 1. The number of aromatic nitrogens is 2. The van der Waals surface area contributed by atoms with Crippen molar-refractivity contribution < 1.29 is 9.84 Å². The number of rotatable bonds is 4. The molecular formula is C12H16N4O4. The smallest absolute Gasteiger partial charge is 0.330 e. The molecule has 8 nitrogen and oxygen atoms in total. The molecule has 1 saturated heterocycles. The van der Waals surface area contributed by atoms with E-state index in [9.17, 15) is 14.7 Å². The first-order valence-corrected chi connectivity index (χ1v) is 6.25. The Kier molecular flexibility index (Phi) is 4.34. The van der Waals surface area contributed by atoms with Gasteiger partial charge in [-0.15, -0.1) is 0 Å². The molecule has 20 heavy (non-hydrogen) atoms. The first kappa shape index (κ1) is 14.5. The standard InChI is InChI=1S/C12H16N4O4/c1-7-5-16(12(19)15-11(7)18)10-4-8(14-3-2-13)9(6-17)20-10/h5,8-10,14,17H,3-4,6H2,1H3,(H,15,18,19)/t8?,9-,10-/m1/s1. The van der Waals surface area contributed by atoms with Gasteiger partial charge in [0.2, 0.25) is 0 Å². The third-order valence-corrected chi connectivity index (χ3v) is 3.32. The van der Waals surface area contributed by atoms with Crippen molar-refractivity contribution in [1.82, 2.24) is 14.9 Å². The largest absolute Gasteiger partial charge is 0.394 e. The van der Waals surface area contributed by atoms with E-state index >= 15 is 0 Å². The van der Waals surface area contributed by atoms with Crippen molar-refractivity contribution in [2.45, 2.75) is 31.7 Å². The van der Waals surface area contributed by atoms with Gasteiger partial charge in [0.05, 0.1) is 25.3 Å². The number of nitrogens with one attached hydrogen (secondary N) is 2. The number of aromatic amines is 1. The molecule has 1 aliphatic heterocycles. The Morgan fingerprint density at radius 1 is 1.65 bits per heavy atom. The molecule has 0 aliphatic carbocycles. The number of ether oxygens (including phenoxy) is 1. The highest BCUT2D eigenvalue weighted by molar-refractivity contribution is 5.02. The quantitative estimate of drug-likeness (QED) is 0.584. The van der Waals surface area contributed by atoms with Crippen LogP contribution in [0.15, 0.2) is 15.8 Å². The number of nitrogens with zero attached hydrogens (tertiary/aromatic N) is 2. The van der Waals surface area contributed by atoms with Gasteiger partial charge in [0.15, 0.2) is 0 Å².